The van der Waals surface area contributed by atoms with Gasteiger partial charge in [-0.1, -0.05) is 42.5 Å². The Labute approximate surface area is 173 Å². The minimum absolute atomic E-state index is 0.121. The third kappa shape index (κ3) is 8.10. The van der Waals surface area contributed by atoms with Gasteiger partial charge in [-0.05, 0) is 50.5 Å². The summed E-state index contributed by atoms with van der Waals surface area (Å²) in [5, 5.41) is 12.1. The topological polar surface area (TPSA) is 86.7 Å². The Hall–Kier alpha value is -2.63. The monoisotopic (exact) mass is 400 g/mol. The smallest absolute Gasteiger partial charge is 0.304 e. The molecule has 1 aromatic carbocycles. The van der Waals surface area contributed by atoms with E-state index in [1.165, 1.54) is 0 Å². The first-order valence-electron chi connectivity index (χ1n) is 10.4. The van der Waals surface area contributed by atoms with Crippen LogP contribution in [0.5, 0.6) is 0 Å². The molecule has 1 aromatic rings. The van der Waals surface area contributed by atoms with Gasteiger partial charge in [0.05, 0.1) is 6.42 Å². The lowest BCUT2D eigenvalue weighted by Crippen LogP contribution is -2.49. The van der Waals surface area contributed by atoms with Gasteiger partial charge in [0.1, 0.15) is 6.04 Å². The first kappa shape index (κ1) is 22.7. The van der Waals surface area contributed by atoms with Crippen LogP contribution < -0.4 is 5.32 Å². The molecule has 29 heavy (non-hydrogen) atoms. The van der Waals surface area contributed by atoms with E-state index in [1.807, 2.05) is 30.3 Å². The number of carbonyl (C=O) groups excluding carboxylic acids is 2. The fourth-order valence-corrected chi connectivity index (χ4v) is 3.58. The number of likely N-dealkylation sites (N-methyl/N-ethyl adjacent to an activating group) is 1. The number of carbonyl (C=O) groups is 3. The average Bonchev–Trinajstić information content (AvgIpc) is 2.71. The Morgan fingerprint density at radius 2 is 1.83 bits per heavy atom. The summed E-state index contributed by atoms with van der Waals surface area (Å²) in [4.78, 5) is 38.7. The summed E-state index contributed by atoms with van der Waals surface area (Å²) in [6.45, 7) is 0.624. The quantitative estimate of drug-likeness (QED) is 0.743. The zero-order chi connectivity index (χ0) is 21.1. The van der Waals surface area contributed by atoms with E-state index in [-0.39, 0.29) is 18.2 Å². The predicted octanol–water partition coefficient (Wildman–Crippen LogP) is 3.17. The maximum absolute atomic E-state index is 13.0. The molecule has 0 radical (unpaired) electrons. The van der Waals surface area contributed by atoms with Crippen LogP contribution in [0.25, 0.3) is 0 Å². The van der Waals surface area contributed by atoms with E-state index in [4.69, 9.17) is 0 Å². The molecule has 6 nitrogen and oxygen atoms in total. The van der Waals surface area contributed by atoms with Crippen molar-refractivity contribution < 1.29 is 19.5 Å². The van der Waals surface area contributed by atoms with E-state index >= 15 is 0 Å². The number of aryl methyl sites for hydroxylation is 1. The van der Waals surface area contributed by atoms with Gasteiger partial charge in [-0.2, -0.15) is 0 Å². The van der Waals surface area contributed by atoms with Crippen LogP contribution in [0.4, 0.5) is 0 Å². The fraction of sp³-hybridized carbons (Fsp3) is 0.522. The third-order valence-electron chi connectivity index (χ3n) is 5.30. The van der Waals surface area contributed by atoms with Crippen LogP contribution in [0.1, 0.15) is 50.5 Å². The normalized spacial score (nSPS) is 22.0. The van der Waals surface area contributed by atoms with Gasteiger partial charge in [0.15, 0.2) is 0 Å². The highest BCUT2D eigenvalue weighted by Gasteiger charge is 2.28. The van der Waals surface area contributed by atoms with E-state index in [9.17, 15) is 19.5 Å². The van der Waals surface area contributed by atoms with Crippen LogP contribution in [0, 0.1) is 5.92 Å². The summed E-state index contributed by atoms with van der Waals surface area (Å²) in [6.07, 6.45) is 8.96. The van der Waals surface area contributed by atoms with E-state index < -0.39 is 17.9 Å². The lowest BCUT2D eigenvalue weighted by atomic mass is 9.95. The van der Waals surface area contributed by atoms with Crippen molar-refractivity contribution in [3.05, 3.63) is 48.0 Å². The number of nitrogens with zero attached hydrogens (tertiary/aromatic N) is 1. The van der Waals surface area contributed by atoms with Crippen LogP contribution in [0.3, 0.4) is 0 Å². The molecule has 0 aromatic heterocycles. The molecular weight excluding hydrogens is 368 g/mol. The van der Waals surface area contributed by atoms with Gasteiger partial charge in [0, 0.05) is 19.5 Å². The standard InChI is InChI=1S/C23H32N2O4/c1-25-16-10-5-3-2-4-9-13-19(17-21(26)27)22(28)24-20(23(25)29)15-14-18-11-7-6-8-12-18/h2-3,6-8,11-12,19-20H,4-5,9-10,13-17H2,1H3,(H,24,28)(H,26,27). The largest absolute Gasteiger partial charge is 0.481 e. The molecule has 6 heteroatoms. The number of rotatable bonds is 5. The molecule has 1 aliphatic heterocycles. The summed E-state index contributed by atoms with van der Waals surface area (Å²) < 4.78 is 0. The zero-order valence-corrected chi connectivity index (χ0v) is 17.2. The summed E-state index contributed by atoms with van der Waals surface area (Å²) in [5.74, 6) is -2.08. The molecule has 0 saturated heterocycles. The maximum Gasteiger partial charge on any atom is 0.304 e. The van der Waals surface area contributed by atoms with Crippen molar-refractivity contribution in [2.24, 2.45) is 5.92 Å². The number of aliphatic carboxylic acids is 1. The Kier molecular flexibility index (Phi) is 9.41. The number of hydrogen-bond acceptors (Lipinski definition) is 3. The van der Waals surface area contributed by atoms with Gasteiger partial charge in [-0.15, -0.1) is 0 Å². The van der Waals surface area contributed by atoms with Crippen LogP contribution in [-0.4, -0.2) is 47.4 Å². The van der Waals surface area contributed by atoms with Crippen molar-refractivity contribution >= 4 is 17.8 Å². The van der Waals surface area contributed by atoms with E-state index in [1.54, 1.807) is 11.9 Å². The molecule has 2 unspecified atom stereocenters. The molecular formula is C23H32N2O4. The van der Waals surface area contributed by atoms with E-state index in [0.29, 0.717) is 25.8 Å². The van der Waals surface area contributed by atoms with E-state index in [0.717, 1.165) is 31.2 Å². The molecule has 0 spiro atoms. The summed E-state index contributed by atoms with van der Waals surface area (Å²) in [7, 11) is 1.76. The molecule has 158 valence electrons. The summed E-state index contributed by atoms with van der Waals surface area (Å²) in [6, 6.07) is 9.19. The lowest BCUT2D eigenvalue weighted by Gasteiger charge is -2.26. The van der Waals surface area contributed by atoms with E-state index in [2.05, 4.69) is 17.5 Å². The number of amides is 2. The predicted molar refractivity (Wildman–Crippen MR) is 112 cm³/mol. The minimum Gasteiger partial charge on any atom is -0.481 e. The summed E-state index contributed by atoms with van der Waals surface area (Å²) >= 11 is 0. The fourth-order valence-electron chi connectivity index (χ4n) is 3.58. The first-order valence-corrected chi connectivity index (χ1v) is 10.4. The van der Waals surface area contributed by atoms with Gasteiger partial charge in [0.2, 0.25) is 11.8 Å². The molecule has 1 heterocycles. The van der Waals surface area contributed by atoms with Crippen LogP contribution in [-0.2, 0) is 20.8 Å². The number of carboxylic acids is 1. The zero-order valence-electron chi connectivity index (χ0n) is 17.2. The van der Waals surface area contributed by atoms with Gasteiger partial charge in [0.25, 0.3) is 0 Å². The van der Waals surface area contributed by atoms with Gasteiger partial charge < -0.3 is 15.3 Å². The number of carboxylic acid groups (broad SMARTS) is 1. The minimum atomic E-state index is -0.994. The maximum atomic E-state index is 13.0. The third-order valence-corrected chi connectivity index (χ3v) is 5.30. The van der Waals surface area contributed by atoms with Crippen molar-refractivity contribution in [2.45, 2.75) is 57.4 Å². The SMILES string of the molecule is CN1CCCC=CCCCC(CC(=O)O)C(=O)NC(CCc2ccccc2)C1=O. The molecule has 1 aliphatic rings. The highest BCUT2D eigenvalue weighted by molar-refractivity contribution is 5.89. The van der Waals surface area contributed by atoms with Crippen molar-refractivity contribution in [3.8, 4) is 0 Å². The van der Waals surface area contributed by atoms with Crippen molar-refractivity contribution in [1.82, 2.24) is 10.2 Å². The molecule has 2 N–H and O–H groups in total. The Morgan fingerprint density at radius 3 is 2.52 bits per heavy atom. The Balaban J connectivity index is 2.15. The molecule has 0 saturated carbocycles. The van der Waals surface area contributed by atoms with Crippen LogP contribution in [0.15, 0.2) is 42.5 Å². The second-order valence-corrected chi connectivity index (χ2v) is 7.68. The number of hydrogen-bond donors (Lipinski definition) is 2. The van der Waals surface area contributed by atoms with Crippen molar-refractivity contribution in [2.75, 3.05) is 13.6 Å². The van der Waals surface area contributed by atoms with Gasteiger partial charge >= 0.3 is 5.97 Å². The van der Waals surface area contributed by atoms with Crippen molar-refractivity contribution in [1.29, 1.82) is 0 Å². The molecule has 2 rings (SSSR count). The second kappa shape index (κ2) is 12.0. The Morgan fingerprint density at radius 1 is 1.14 bits per heavy atom. The number of nitrogens with one attached hydrogen (secondary N) is 1. The van der Waals surface area contributed by atoms with Crippen molar-refractivity contribution in [3.63, 3.8) is 0 Å². The molecule has 0 fully saturated rings. The number of benzene rings is 1. The average molecular weight is 401 g/mol. The van der Waals surface area contributed by atoms with Crippen LogP contribution in [0.2, 0.25) is 0 Å². The highest BCUT2D eigenvalue weighted by Crippen LogP contribution is 2.16. The molecule has 0 bridgehead atoms. The lowest BCUT2D eigenvalue weighted by molar-refractivity contribution is -0.142. The van der Waals surface area contributed by atoms with Gasteiger partial charge in [-0.25, -0.2) is 0 Å². The van der Waals surface area contributed by atoms with Crippen LogP contribution >= 0.6 is 0 Å². The Bertz CT molecular complexity index is 702. The molecule has 0 aliphatic carbocycles. The second-order valence-electron chi connectivity index (χ2n) is 7.68. The first-order chi connectivity index (χ1) is 14.0. The molecule has 2 amide bonds. The summed E-state index contributed by atoms with van der Waals surface area (Å²) in [5.41, 5.74) is 1.10. The number of allylic oxidation sites excluding steroid dienone is 2. The highest BCUT2D eigenvalue weighted by atomic mass is 16.4. The van der Waals surface area contributed by atoms with Gasteiger partial charge in [-0.3, -0.25) is 14.4 Å². The molecule has 2 atom stereocenters.